The van der Waals surface area contributed by atoms with Crippen LogP contribution in [0, 0.1) is 13.8 Å². The van der Waals surface area contributed by atoms with Crippen molar-refractivity contribution in [2.75, 3.05) is 30.0 Å². The van der Waals surface area contributed by atoms with Crippen molar-refractivity contribution in [3.8, 4) is 5.75 Å². The van der Waals surface area contributed by atoms with Gasteiger partial charge in [0.25, 0.3) is 11.7 Å². The Balaban J connectivity index is 1.70. The number of fused-ring (bicyclic) bond motifs is 1. The summed E-state index contributed by atoms with van der Waals surface area (Å²) in [5.74, 6) is -0.830. The highest BCUT2D eigenvalue weighted by atomic mass is 16.5. The molecule has 3 aromatic carbocycles. The van der Waals surface area contributed by atoms with Crippen molar-refractivity contribution in [3.63, 3.8) is 0 Å². The number of ether oxygens (including phenoxy) is 1. The molecule has 2 aliphatic heterocycles. The third kappa shape index (κ3) is 3.61. The summed E-state index contributed by atoms with van der Waals surface area (Å²) in [6.07, 6.45) is 0. The molecule has 0 saturated carbocycles. The fourth-order valence-corrected chi connectivity index (χ4v) is 4.61. The maximum atomic E-state index is 13.3. The van der Waals surface area contributed by atoms with Gasteiger partial charge in [0.05, 0.1) is 23.8 Å². The first-order valence-electron chi connectivity index (χ1n) is 11.3. The maximum Gasteiger partial charge on any atom is 0.300 e. The van der Waals surface area contributed by atoms with Crippen molar-refractivity contribution in [2.45, 2.75) is 19.9 Å². The number of benzene rings is 3. The van der Waals surface area contributed by atoms with Crippen LogP contribution in [0.3, 0.4) is 0 Å². The molecule has 0 aliphatic carbocycles. The van der Waals surface area contributed by atoms with Gasteiger partial charge in [-0.2, -0.15) is 0 Å². The molecular weight excluding hydrogens is 428 g/mol. The molecule has 0 radical (unpaired) electrons. The Morgan fingerprint density at radius 3 is 2.47 bits per heavy atom. The van der Waals surface area contributed by atoms with Gasteiger partial charge in [0, 0.05) is 18.3 Å². The van der Waals surface area contributed by atoms with E-state index in [-0.39, 0.29) is 11.3 Å². The zero-order valence-electron chi connectivity index (χ0n) is 19.4. The number of carbonyl (C=O) groups is 2. The monoisotopic (exact) mass is 454 g/mol. The lowest BCUT2D eigenvalue weighted by atomic mass is 9.94. The van der Waals surface area contributed by atoms with Crippen LogP contribution in [-0.2, 0) is 9.59 Å². The van der Waals surface area contributed by atoms with Crippen LogP contribution in [0.25, 0.3) is 5.76 Å². The molecule has 6 nitrogen and oxygen atoms in total. The SMILES string of the molecule is Cc1ccc(N2C(=O)C(=O)/C(=C(\O)c3ccc4c(c3)N(C)CCO4)C2c2cccc(C)c2)cc1. The lowest BCUT2D eigenvalue weighted by molar-refractivity contribution is -0.132. The highest BCUT2D eigenvalue weighted by Gasteiger charge is 2.47. The van der Waals surface area contributed by atoms with E-state index in [1.807, 2.05) is 74.3 Å². The summed E-state index contributed by atoms with van der Waals surface area (Å²) < 4.78 is 5.71. The summed E-state index contributed by atoms with van der Waals surface area (Å²) in [6.45, 7) is 5.23. The van der Waals surface area contributed by atoms with Gasteiger partial charge in [-0.15, -0.1) is 0 Å². The van der Waals surface area contributed by atoms with E-state index in [0.29, 0.717) is 17.9 Å². The van der Waals surface area contributed by atoms with Crippen molar-refractivity contribution in [1.29, 1.82) is 0 Å². The molecule has 172 valence electrons. The second-order valence-corrected chi connectivity index (χ2v) is 8.87. The summed E-state index contributed by atoms with van der Waals surface area (Å²) >= 11 is 0. The molecule has 1 N–H and O–H groups in total. The Morgan fingerprint density at radius 1 is 0.971 bits per heavy atom. The number of ketones is 1. The summed E-state index contributed by atoms with van der Waals surface area (Å²) in [5, 5.41) is 11.4. The molecule has 2 aliphatic rings. The van der Waals surface area contributed by atoms with Gasteiger partial charge >= 0.3 is 0 Å². The maximum absolute atomic E-state index is 13.3. The van der Waals surface area contributed by atoms with Gasteiger partial charge in [-0.3, -0.25) is 14.5 Å². The second kappa shape index (κ2) is 8.37. The zero-order valence-corrected chi connectivity index (χ0v) is 19.4. The fourth-order valence-electron chi connectivity index (χ4n) is 4.61. The molecule has 1 unspecified atom stereocenters. The quantitative estimate of drug-likeness (QED) is 0.351. The highest BCUT2D eigenvalue weighted by molar-refractivity contribution is 6.51. The van der Waals surface area contributed by atoms with Crippen molar-refractivity contribution in [3.05, 3.63) is 94.6 Å². The van der Waals surface area contributed by atoms with Crippen LogP contribution >= 0.6 is 0 Å². The minimum Gasteiger partial charge on any atom is -0.507 e. The van der Waals surface area contributed by atoms with Gasteiger partial charge in [-0.25, -0.2) is 0 Å². The average Bonchev–Trinajstić information content (AvgIpc) is 3.10. The molecule has 0 spiro atoms. The minimum absolute atomic E-state index is 0.0792. The Bertz CT molecular complexity index is 1330. The lowest BCUT2D eigenvalue weighted by Crippen LogP contribution is -2.29. The third-order valence-electron chi connectivity index (χ3n) is 6.44. The van der Waals surface area contributed by atoms with Crippen LogP contribution in [0.5, 0.6) is 5.75 Å². The molecule has 2 heterocycles. The molecule has 1 amide bonds. The van der Waals surface area contributed by atoms with Crippen molar-refractivity contribution in [2.24, 2.45) is 0 Å². The van der Waals surface area contributed by atoms with E-state index in [4.69, 9.17) is 4.74 Å². The number of hydrogen-bond donors (Lipinski definition) is 1. The molecule has 1 atom stereocenters. The molecule has 1 saturated heterocycles. The van der Waals surface area contributed by atoms with Crippen LogP contribution in [0.4, 0.5) is 11.4 Å². The number of aliphatic hydroxyl groups excluding tert-OH is 1. The largest absolute Gasteiger partial charge is 0.507 e. The van der Waals surface area contributed by atoms with Gasteiger partial charge in [0.1, 0.15) is 18.1 Å². The van der Waals surface area contributed by atoms with Crippen molar-refractivity contribution < 1.29 is 19.4 Å². The number of aliphatic hydroxyl groups is 1. The van der Waals surface area contributed by atoms with Gasteiger partial charge in [0.2, 0.25) is 0 Å². The summed E-state index contributed by atoms with van der Waals surface area (Å²) in [4.78, 5) is 30.2. The molecule has 1 fully saturated rings. The smallest absolute Gasteiger partial charge is 0.300 e. The number of Topliss-reactive ketones (excluding diaryl/α,β-unsaturated/α-hetero) is 1. The van der Waals surface area contributed by atoms with Gasteiger partial charge in [0.15, 0.2) is 0 Å². The van der Waals surface area contributed by atoms with Crippen LogP contribution in [0.1, 0.15) is 28.3 Å². The van der Waals surface area contributed by atoms with Crippen LogP contribution in [0.15, 0.2) is 72.3 Å². The highest BCUT2D eigenvalue weighted by Crippen LogP contribution is 2.43. The predicted octanol–water partition coefficient (Wildman–Crippen LogP) is 4.76. The first kappa shape index (κ1) is 21.8. The normalized spacial score (nSPS) is 19.2. The average molecular weight is 455 g/mol. The predicted molar refractivity (Wildman–Crippen MR) is 132 cm³/mol. The molecule has 34 heavy (non-hydrogen) atoms. The van der Waals surface area contributed by atoms with Crippen molar-refractivity contribution in [1.82, 2.24) is 0 Å². The van der Waals surface area contributed by atoms with Crippen molar-refractivity contribution >= 4 is 28.8 Å². The van der Waals surface area contributed by atoms with Crippen LogP contribution < -0.4 is 14.5 Å². The summed E-state index contributed by atoms with van der Waals surface area (Å²) in [7, 11) is 1.95. The second-order valence-electron chi connectivity index (χ2n) is 8.87. The number of amides is 1. The molecular formula is C28H26N2O4. The minimum atomic E-state index is -0.743. The molecule has 5 rings (SSSR count). The Labute approximate surface area is 198 Å². The topological polar surface area (TPSA) is 70.1 Å². The lowest BCUT2D eigenvalue weighted by Gasteiger charge is -2.28. The molecule has 0 aromatic heterocycles. The van der Waals surface area contributed by atoms with Gasteiger partial charge in [-0.1, -0.05) is 47.5 Å². The van der Waals surface area contributed by atoms with Crippen LogP contribution in [-0.4, -0.2) is 37.0 Å². The number of likely N-dealkylation sites (N-methyl/N-ethyl adjacent to an activating group) is 1. The van der Waals surface area contributed by atoms with E-state index < -0.39 is 17.7 Å². The van der Waals surface area contributed by atoms with E-state index in [0.717, 1.165) is 34.7 Å². The van der Waals surface area contributed by atoms with E-state index in [1.165, 1.54) is 4.90 Å². The zero-order chi connectivity index (χ0) is 24.0. The Kier molecular flexibility index (Phi) is 5.36. The summed E-state index contributed by atoms with van der Waals surface area (Å²) in [6, 6.07) is 19.7. The number of nitrogens with zero attached hydrogens (tertiary/aromatic N) is 2. The first-order valence-corrected chi connectivity index (χ1v) is 11.3. The number of hydrogen-bond acceptors (Lipinski definition) is 5. The first-order chi connectivity index (χ1) is 16.3. The Morgan fingerprint density at radius 2 is 1.74 bits per heavy atom. The van der Waals surface area contributed by atoms with Crippen LogP contribution in [0.2, 0.25) is 0 Å². The molecule has 0 bridgehead atoms. The van der Waals surface area contributed by atoms with Gasteiger partial charge in [-0.05, 0) is 49.7 Å². The standard InChI is InChI=1S/C28H26N2O4/c1-17-7-10-21(11-8-17)30-25(19-6-4-5-18(2)15-19)24(27(32)28(30)33)26(31)20-9-12-23-22(16-20)29(3)13-14-34-23/h4-12,15-16,25,31H,13-14H2,1-3H3/b26-24-. The summed E-state index contributed by atoms with van der Waals surface area (Å²) in [5.41, 5.74) is 4.80. The Hall–Kier alpha value is -4.06. The van der Waals surface area contributed by atoms with E-state index in [2.05, 4.69) is 0 Å². The van der Waals surface area contributed by atoms with E-state index in [1.54, 1.807) is 18.2 Å². The third-order valence-corrected chi connectivity index (χ3v) is 6.44. The van der Waals surface area contributed by atoms with E-state index in [9.17, 15) is 14.7 Å². The van der Waals surface area contributed by atoms with E-state index >= 15 is 0 Å². The number of aryl methyl sites for hydroxylation is 2. The number of carbonyl (C=O) groups excluding carboxylic acids is 2. The molecule has 3 aromatic rings. The number of anilines is 2. The molecule has 6 heteroatoms. The number of rotatable bonds is 3. The van der Waals surface area contributed by atoms with Gasteiger partial charge < -0.3 is 14.7 Å². The fraction of sp³-hybridized carbons (Fsp3) is 0.214.